The number of nitrogens with zero attached hydrogens (tertiary/aromatic N) is 1. The Morgan fingerprint density at radius 1 is 0.929 bits per heavy atom. The van der Waals surface area contributed by atoms with Crippen LogP contribution in [0, 0.1) is 0 Å². The van der Waals surface area contributed by atoms with Crippen molar-refractivity contribution in [2.75, 3.05) is 15.5 Å². The predicted molar refractivity (Wildman–Crippen MR) is 111 cm³/mol. The fourth-order valence-corrected chi connectivity index (χ4v) is 3.61. The highest BCUT2D eigenvalue weighted by molar-refractivity contribution is 6.13. The van der Waals surface area contributed by atoms with Crippen LogP contribution in [0.1, 0.15) is 23.7 Å². The van der Waals surface area contributed by atoms with Crippen molar-refractivity contribution in [3.63, 3.8) is 0 Å². The van der Waals surface area contributed by atoms with Gasteiger partial charge < -0.3 is 10.6 Å². The molecule has 2 amide bonds. The highest BCUT2D eigenvalue weighted by Crippen LogP contribution is 2.36. The molecule has 28 heavy (non-hydrogen) atoms. The fraction of sp³-hybridized carbons (Fsp3) is 0.130. The van der Waals surface area contributed by atoms with Crippen LogP contribution in [-0.2, 0) is 4.79 Å². The van der Waals surface area contributed by atoms with Crippen molar-refractivity contribution in [2.24, 2.45) is 0 Å². The maximum absolute atomic E-state index is 13.3. The molecule has 0 aromatic heterocycles. The van der Waals surface area contributed by atoms with E-state index in [4.69, 9.17) is 0 Å². The topological polar surface area (TPSA) is 61.4 Å². The Bertz CT molecular complexity index is 1000. The summed E-state index contributed by atoms with van der Waals surface area (Å²) in [4.78, 5) is 27.8. The van der Waals surface area contributed by atoms with Gasteiger partial charge in [0.15, 0.2) is 0 Å². The lowest BCUT2D eigenvalue weighted by Gasteiger charge is -2.46. The van der Waals surface area contributed by atoms with E-state index in [1.807, 2.05) is 85.8 Å². The van der Waals surface area contributed by atoms with Gasteiger partial charge in [-0.1, -0.05) is 48.5 Å². The van der Waals surface area contributed by atoms with Crippen molar-refractivity contribution >= 4 is 28.9 Å². The molecule has 0 saturated heterocycles. The van der Waals surface area contributed by atoms with Gasteiger partial charge in [-0.05, 0) is 43.3 Å². The van der Waals surface area contributed by atoms with Gasteiger partial charge in [-0.3, -0.25) is 14.5 Å². The van der Waals surface area contributed by atoms with Crippen LogP contribution in [0.4, 0.5) is 17.1 Å². The molecule has 1 atom stereocenters. The van der Waals surface area contributed by atoms with Crippen molar-refractivity contribution < 1.29 is 9.59 Å². The lowest BCUT2D eigenvalue weighted by atomic mass is 9.96. The molecule has 2 N–H and O–H groups in total. The molecule has 3 aromatic carbocycles. The maximum atomic E-state index is 13.3. The number of hydrogen-bond donors (Lipinski definition) is 2. The molecule has 1 aliphatic rings. The fourth-order valence-electron chi connectivity index (χ4n) is 3.61. The van der Waals surface area contributed by atoms with Crippen LogP contribution in [-0.4, -0.2) is 17.5 Å². The molecule has 0 saturated carbocycles. The molecule has 0 bridgehead atoms. The Morgan fingerprint density at radius 3 is 2.25 bits per heavy atom. The van der Waals surface area contributed by atoms with E-state index in [9.17, 15) is 9.59 Å². The zero-order valence-corrected chi connectivity index (χ0v) is 15.6. The number of amides is 2. The summed E-state index contributed by atoms with van der Waals surface area (Å²) in [6, 6.07) is 26.1. The Hall–Kier alpha value is -3.60. The summed E-state index contributed by atoms with van der Waals surface area (Å²) >= 11 is 0. The highest BCUT2D eigenvalue weighted by Gasteiger charge is 2.43. The van der Waals surface area contributed by atoms with E-state index in [2.05, 4.69) is 10.6 Å². The van der Waals surface area contributed by atoms with Crippen molar-refractivity contribution in [3.05, 3.63) is 90.5 Å². The van der Waals surface area contributed by atoms with Crippen LogP contribution in [0.3, 0.4) is 0 Å². The molecule has 5 nitrogen and oxygen atoms in total. The Balaban J connectivity index is 1.69. The zero-order chi connectivity index (χ0) is 19.6. The van der Waals surface area contributed by atoms with Crippen LogP contribution in [0.15, 0.2) is 84.9 Å². The van der Waals surface area contributed by atoms with Crippen LogP contribution in [0.2, 0.25) is 0 Å². The van der Waals surface area contributed by atoms with Crippen LogP contribution in [0.5, 0.6) is 0 Å². The summed E-state index contributed by atoms with van der Waals surface area (Å²) in [5.74, 6) is -0.301. The highest BCUT2D eigenvalue weighted by atomic mass is 16.2. The average Bonchev–Trinajstić information content (AvgIpc) is 2.69. The summed E-state index contributed by atoms with van der Waals surface area (Å²) in [5, 5.41) is 6.32. The minimum atomic E-state index is -0.911. The average molecular weight is 371 g/mol. The molecule has 3 aromatic rings. The number of nitrogens with one attached hydrogen (secondary N) is 2. The second-order valence-corrected chi connectivity index (χ2v) is 7.01. The first kappa shape index (κ1) is 17.8. The van der Waals surface area contributed by atoms with Crippen molar-refractivity contribution in [1.82, 2.24) is 0 Å². The number of carbonyl (C=O) groups excluding carboxylic acids is 2. The first-order valence-corrected chi connectivity index (χ1v) is 9.18. The summed E-state index contributed by atoms with van der Waals surface area (Å²) in [5.41, 5.74) is 1.88. The predicted octanol–water partition coefficient (Wildman–Crippen LogP) is 4.50. The van der Waals surface area contributed by atoms with E-state index in [-0.39, 0.29) is 18.2 Å². The quantitative estimate of drug-likeness (QED) is 0.710. The van der Waals surface area contributed by atoms with E-state index in [0.717, 1.165) is 17.1 Å². The van der Waals surface area contributed by atoms with Gasteiger partial charge in [0, 0.05) is 17.1 Å². The molecule has 5 heteroatoms. The Kier molecular flexibility index (Phi) is 4.57. The summed E-state index contributed by atoms with van der Waals surface area (Å²) in [6.07, 6.45) is 0.0941. The first-order valence-electron chi connectivity index (χ1n) is 9.18. The zero-order valence-electron chi connectivity index (χ0n) is 15.6. The third-order valence-electron chi connectivity index (χ3n) is 4.83. The van der Waals surface area contributed by atoms with Gasteiger partial charge in [0.2, 0.25) is 5.91 Å². The second-order valence-electron chi connectivity index (χ2n) is 7.01. The molecule has 4 rings (SSSR count). The molecule has 0 aliphatic carbocycles. The molecule has 0 unspecified atom stereocenters. The third-order valence-corrected chi connectivity index (χ3v) is 4.83. The van der Waals surface area contributed by atoms with Crippen molar-refractivity contribution in [2.45, 2.75) is 19.0 Å². The van der Waals surface area contributed by atoms with E-state index in [0.29, 0.717) is 5.56 Å². The summed E-state index contributed by atoms with van der Waals surface area (Å²) in [7, 11) is 0. The summed E-state index contributed by atoms with van der Waals surface area (Å²) in [6.45, 7) is 1.87. The molecule has 1 heterocycles. The van der Waals surface area contributed by atoms with Gasteiger partial charge in [0.1, 0.15) is 5.66 Å². The lowest BCUT2D eigenvalue weighted by Crippen LogP contribution is -2.60. The van der Waals surface area contributed by atoms with Crippen molar-refractivity contribution in [3.8, 4) is 0 Å². The molecule has 0 spiro atoms. The largest absolute Gasteiger partial charge is 0.361 e. The molecule has 140 valence electrons. The van der Waals surface area contributed by atoms with Gasteiger partial charge in [0.25, 0.3) is 5.91 Å². The van der Waals surface area contributed by atoms with Gasteiger partial charge in [-0.2, -0.15) is 0 Å². The van der Waals surface area contributed by atoms with Gasteiger partial charge in [0.05, 0.1) is 12.0 Å². The molecule has 1 aliphatic heterocycles. The number of hydrogen-bond acceptors (Lipinski definition) is 3. The standard InChI is InChI=1S/C23H21N3O2/c1-23(16-21(27)24-17-10-4-2-5-11-17)25-20-15-9-8-14-19(20)22(28)26(23)18-12-6-3-7-13-18/h2-15,25H,16H2,1H3,(H,24,27)/t23-/m0/s1. The van der Waals surface area contributed by atoms with Gasteiger partial charge in [-0.15, -0.1) is 0 Å². The number of rotatable bonds is 4. The van der Waals surface area contributed by atoms with E-state index < -0.39 is 5.66 Å². The van der Waals surface area contributed by atoms with E-state index in [1.54, 1.807) is 11.0 Å². The lowest BCUT2D eigenvalue weighted by molar-refractivity contribution is -0.117. The van der Waals surface area contributed by atoms with Crippen LogP contribution >= 0.6 is 0 Å². The number of fused-ring (bicyclic) bond motifs is 1. The van der Waals surface area contributed by atoms with Crippen LogP contribution in [0.25, 0.3) is 0 Å². The van der Waals surface area contributed by atoms with Crippen molar-refractivity contribution in [1.29, 1.82) is 0 Å². The molecule has 0 fully saturated rings. The minimum absolute atomic E-state index is 0.0941. The van der Waals surface area contributed by atoms with E-state index in [1.165, 1.54) is 0 Å². The Morgan fingerprint density at radius 2 is 1.54 bits per heavy atom. The van der Waals surface area contributed by atoms with E-state index >= 15 is 0 Å². The SMILES string of the molecule is C[C@]1(CC(=O)Nc2ccccc2)Nc2ccccc2C(=O)N1c1ccccc1. The number of carbonyl (C=O) groups is 2. The van der Waals surface area contributed by atoms with Crippen LogP contribution < -0.4 is 15.5 Å². The van der Waals surface area contributed by atoms with Gasteiger partial charge in [-0.25, -0.2) is 0 Å². The normalized spacial score (nSPS) is 18.2. The third kappa shape index (κ3) is 3.34. The minimum Gasteiger partial charge on any atom is -0.361 e. The molecule has 0 radical (unpaired) electrons. The summed E-state index contributed by atoms with van der Waals surface area (Å²) < 4.78 is 0. The monoisotopic (exact) mass is 371 g/mol. The first-order chi connectivity index (χ1) is 13.6. The number of para-hydroxylation sites is 3. The number of benzene rings is 3. The smallest absolute Gasteiger partial charge is 0.262 e. The van der Waals surface area contributed by atoms with Gasteiger partial charge >= 0.3 is 0 Å². The Labute approximate surface area is 164 Å². The molecular formula is C23H21N3O2. The maximum Gasteiger partial charge on any atom is 0.262 e. The second kappa shape index (κ2) is 7.19. The number of anilines is 3. The molecular weight excluding hydrogens is 350 g/mol.